The van der Waals surface area contributed by atoms with Crippen LogP contribution in [0.2, 0.25) is 0 Å². The molecule has 1 heterocycles. The Morgan fingerprint density at radius 1 is 1.05 bits per heavy atom. The summed E-state index contributed by atoms with van der Waals surface area (Å²) in [5.74, 6) is 1.77. The van der Waals surface area contributed by atoms with Crippen LogP contribution in [-0.2, 0) is 0 Å². The molecular formula is C17H36N2. The van der Waals surface area contributed by atoms with Crippen molar-refractivity contribution in [1.29, 1.82) is 0 Å². The second-order valence-electron chi connectivity index (χ2n) is 6.76. The van der Waals surface area contributed by atoms with Crippen molar-refractivity contribution in [2.75, 3.05) is 26.2 Å². The van der Waals surface area contributed by atoms with Crippen LogP contribution in [0.1, 0.15) is 66.2 Å². The molecule has 0 aromatic carbocycles. The Balaban J connectivity index is 2.31. The number of rotatable bonds is 9. The predicted octanol–water partition coefficient (Wildman–Crippen LogP) is 3.91. The molecule has 1 aliphatic rings. The van der Waals surface area contributed by atoms with Gasteiger partial charge in [0.25, 0.3) is 0 Å². The first-order valence-electron chi connectivity index (χ1n) is 8.62. The lowest BCUT2D eigenvalue weighted by atomic mass is 9.91. The average molecular weight is 268 g/mol. The fourth-order valence-corrected chi connectivity index (χ4v) is 3.30. The maximum absolute atomic E-state index is 3.66. The third-order valence-electron chi connectivity index (χ3n) is 4.42. The number of hydrogen-bond acceptors (Lipinski definition) is 2. The molecule has 0 aromatic rings. The fraction of sp³-hybridized carbons (Fsp3) is 1.00. The normalized spacial score (nSPS) is 20.1. The summed E-state index contributed by atoms with van der Waals surface area (Å²) in [7, 11) is 0. The molecular weight excluding hydrogens is 232 g/mol. The predicted molar refractivity (Wildman–Crippen MR) is 85.6 cm³/mol. The van der Waals surface area contributed by atoms with Crippen molar-refractivity contribution < 1.29 is 0 Å². The van der Waals surface area contributed by atoms with Crippen LogP contribution in [0.3, 0.4) is 0 Å². The van der Waals surface area contributed by atoms with E-state index in [2.05, 4.69) is 37.9 Å². The van der Waals surface area contributed by atoms with Gasteiger partial charge in [0.05, 0.1) is 0 Å². The van der Waals surface area contributed by atoms with Crippen LogP contribution in [0.15, 0.2) is 0 Å². The monoisotopic (exact) mass is 268 g/mol. The van der Waals surface area contributed by atoms with Crippen molar-refractivity contribution >= 4 is 0 Å². The zero-order valence-electron chi connectivity index (χ0n) is 13.8. The van der Waals surface area contributed by atoms with Gasteiger partial charge in [0.2, 0.25) is 0 Å². The van der Waals surface area contributed by atoms with Gasteiger partial charge in [-0.2, -0.15) is 0 Å². The van der Waals surface area contributed by atoms with Gasteiger partial charge in [-0.1, -0.05) is 47.0 Å². The van der Waals surface area contributed by atoms with Crippen LogP contribution in [0, 0.1) is 11.8 Å². The lowest BCUT2D eigenvalue weighted by Gasteiger charge is -2.38. The van der Waals surface area contributed by atoms with Gasteiger partial charge in [0, 0.05) is 12.6 Å². The minimum atomic E-state index is 0.762. The summed E-state index contributed by atoms with van der Waals surface area (Å²) in [5.41, 5.74) is 0. The van der Waals surface area contributed by atoms with E-state index in [1.165, 1.54) is 58.2 Å². The van der Waals surface area contributed by atoms with Gasteiger partial charge < -0.3 is 5.32 Å². The number of nitrogens with zero attached hydrogens (tertiary/aromatic N) is 1. The van der Waals surface area contributed by atoms with Crippen molar-refractivity contribution in [2.24, 2.45) is 11.8 Å². The van der Waals surface area contributed by atoms with Gasteiger partial charge in [-0.3, -0.25) is 4.90 Å². The van der Waals surface area contributed by atoms with E-state index in [0.717, 1.165) is 24.4 Å². The van der Waals surface area contributed by atoms with E-state index in [1.807, 2.05) is 0 Å². The van der Waals surface area contributed by atoms with E-state index in [1.54, 1.807) is 0 Å². The Morgan fingerprint density at radius 3 is 2.26 bits per heavy atom. The highest BCUT2D eigenvalue weighted by Gasteiger charge is 2.23. The zero-order chi connectivity index (χ0) is 14.1. The zero-order valence-corrected chi connectivity index (χ0v) is 13.8. The summed E-state index contributed by atoms with van der Waals surface area (Å²) in [6.45, 7) is 14.2. The lowest BCUT2D eigenvalue weighted by molar-refractivity contribution is 0.120. The molecule has 1 atom stereocenters. The molecule has 0 saturated carbocycles. The van der Waals surface area contributed by atoms with Crippen LogP contribution in [-0.4, -0.2) is 37.1 Å². The quantitative estimate of drug-likeness (QED) is 0.682. The third-order valence-corrected chi connectivity index (χ3v) is 4.42. The fourth-order valence-electron chi connectivity index (χ4n) is 3.30. The van der Waals surface area contributed by atoms with Crippen molar-refractivity contribution in [3.8, 4) is 0 Å². The largest absolute Gasteiger partial charge is 0.315 e. The molecule has 0 amide bonds. The second kappa shape index (κ2) is 9.77. The standard InChI is InChI=1S/C17H36N2/c1-5-7-16-9-11-19(12-10-16)17(8-6-2)14-18-13-15(3)4/h15-18H,5-14H2,1-4H3. The number of piperidine rings is 1. The minimum absolute atomic E-state index is 0.762. The maximum atomic E-state index is 3.66. The second-order valence-corrected chi connectivity index (χ2v) is 6.76. The van der Waals surface area contributed by atoms with Crippen molar-refractivity contribution in [1.82, 2.24) is 10.2 Å². The van der Waals surface area contributed by atoms with Crippen LogP contribution in [0.25, 0.3) is 0 Å². The van der Waals surface area contributed by atoms with Crippen LogP contribution in [0.5, 0.6) is 0 Å². The number of nitrogens with one attached hydrogen (secondary N) is 1. The molecule has 0 spiro atoms. The number of likely N-dealkylation sites (tertiary alicyclic amines) is 1. The number of hydrogen-bond donors (Lipinski definition) is 1. The molecule has 1 rings (SSSR count). The Labute approximate surface area is 121 Å². The summed E-state index contributed by atoms with van der Waals surface area (Å²) >= 11 is 0. The van der Waals surface area contributed by atoms with Gasteiger partial charge in [-0.25, -0.2) is 0 Å². The molecule has 0 aliphatic carbocycles. The summed E-state index contributed by atoms with van der Waals surface area (Å²) in [6.07, 6.45) is 8.32. The first-order chi connectivity index (χ1) is 9.17. The van der Waals surface area contributed by atoms with Gasteiger partial charge in [0.1, 0.15) is 0 Å². The smallest absolute Gasteiger partial charge is 0.0220 e. The Morgan fingerprint density at radius 2 is 1.74 bits per heavy atom. The first-order valence-corrected chi connectivity index (χ1v) is 8.62. The summed E-state index contributed by atoms with van der Waals surface area (Å²) in [6, 6.07) is 0.770. The molecule has 0 radical (unpaired) electrons. The summed E-state index contributed by atoms with van der Waals surface area (Å²) < 4.78 is 0. The highest BCUT2D eigenvalue weighted by atomic mass is 15.2. The van der Waals surface area contributed by atoms with Gasteiger partial charge >= 0.3 is 0 Å². The Bertz CT molecular complexity index is 207. The van der Waals surface area contributed by atoms with E-state index < -0.39 is 0 Å². The van der Waals surface area contributed by atoms with E-state index in [4.69, 9.17) is 0 Å². The molecule has 2 nitrogen and oxygen atoms in total. The molecule has 1 aliphatic heterocycles. The molecule has 1 saturated heterocycles. The lowest BCUT2D eigenvalue weighted by Crippen LogP contribution is -2.46. The summed E-state index contributed by atoms with van der Waals surface area (Å²) in [4.78, 5) is 2.75. The Kier molecular flexibility index (Phi) is 8.72. The molecule has 114 valence electrons. The van der Waals surface area contributed by atoms with Crippen molar-refractivity contribution in [2.45, 2.75) is 72.3 Å². The van der Waals surface area contributed by atoms with Crippen molar-refractivity contribution in [3.63, 3.8) is 0 Å². The molecule has 2 heteroatoms. The topological polar surface area (TPSA) is 15.3 Å². The van der Waals surface area contributed by atoms with Gasteiger partial charge in [-0.15, -0.1) is 0 Å². The summed E-state index contributed by atoms with van der Waals surface area (Å²) in [5, 5.41) is 3.66. The van der Waals surface area contributed by atoms with Crippen LogP contribution >= 0.6 is 0 Å². The van der Waals surface area contributed by atoms with Gasteiger partial charge in [-0.05, 0) is 50.7 Å². The molecule has 1 N–H and O–H groups in total. The van der Waals surface area contributed by atoms with E-state index >= 15 is 0 Å². The van der Waals surface area contributed by atoms with E-state index in [9.17, 15) is 0 Å². The van der Waals surface area contributed by atoms with E-state index in [0.29, 0.717) is 0 Å². The molecule has 1 fully saturated rings. The van der Waals surface area contributed by atoms with E-state index in [-0.39, 0.29) is 0 Å². The molecule has 1 unspecified atom stereocenters. The van der Waals surface area contributed by atoms with Crippen molar-refractivity contribution in [3.05, 3.63) is 0 Å². The SMILES string of the molecule is CCCC1CCN(C(CCC)CNCC(C)C)CC1. The molecule has 0 aromatic heterocycles. The minimum Gasteiger partial charge on any atom is -0.315 e. The maximum Gasteiger partial charge on any atom is 0.0220 e. The average Bonchev–Trinajstić information content (AvgIpc) is 2.39. The molecule has 19 heavy (non-hydrogen) atoms. The highest BCUT2D eigenvalue weighted by Crippen LogP contribution is 2.23. The van der Waals surface area contributed by atoms with Crippen LogP contribution in [0.4, 0.5) is 0 Å². The van der Waals surface area contributed by atoms with Gasteiger partial charge in [0.15, 0.2) is 0 Å². The third kappa shape index (κ3) is 6.76. The Hall–Kier alpha value is -0.0800. The highest BCUT2D eigenvalue weighted by molar-refractivity contribution is 4.80. The van der Waals surface area contributed by atoms with Crippen LogP contribution < -0.4 is 5.32 Å². The molecule has 0 bridgehead atoms. The first kappa shape index (κ1) is 17.0.